The van der Waals surface area contributed by atoms with E-state index in [2.05, 4.69) is 4.98 Å². The Morgan fingerprint density at radius 1 is 1.62 bits per heavy atom. The maximum absolute atomic E-state index is 13.2. The highest BCUT2D eigenvalue weighted by molar-refractivity contribution is 5.93. The molecule has 0 bridgehead atoms. The second-order valence-electron chi connectivity index (χ2n) is 3.87. The summed E-state index contributed by atoms with van der Waals surface area (Å²) >= 11 is 0. The summed E-state index contributed by atoms with van der Waals surface area (Å²) in [6.07, 6.45) is 1.92. The number of aromatic carboxylic acids is 1. The molecule has 2 rings (SSSR count). The third-order valence-electron chi connectivity index (χ3n) is 2.68. The summed E-state index contributed by atoms with van der Waals surface area (Å²) in [5.74, 6) is -0.651. The van der Waals surface area contributed by atoms with Gasteiger partial charge in [0.05, 0.1) is 6.54 Å². The van der Waals surface area contributed by atoms with Crippen LogP contribution in [-0.4, -0.2) is 35.3 Å². The normalized spacial score (nSPS) is 20.8. The third kappa shape index (κ3) is 2.13. The molecule has 2 heterocycles. The average molecular weight is 224 g/mol. The summed E-state index contributed by atoms with van der Waals surface area (Å²) in [6, 6.07) is 3.07. The van der Waals surface area contributed by atoms with Crippen LogP contribution in [-0.2, 0) is 0 Å². The van der Waals surface area contributed by atoms with Crippen LogP contribution in [0.4, 0.5) is 10.2 Å². The highest BCUT2D eigenvalue weighted by Gasteiger charge is 2.23. The molecular formula is C11H13FN2O2. The number of piperidine rings is 1. The first-order chi connectivity index (χ1) is 7.68. The number of carboxylic acids is 1. The van der Waals surface area contributed by atoms with Crippen LogP contribution in [0.1, 0.15) is 23.2 Å². The summed E-state index contributed by atoms with van der Waals surface area (Å²) in [7, 11) is 0. The second kappa shape index (κ2) is 4.47. The van der Waals surface area contributed by atoms with E-state index in [0.29, 0.717) is 18.8 Å². The van der Waals surface area contributed by atoms with Gasteiger partial charge >= 0.3 is 5.97 Å². The number of halogens is 1. The molecule has 0 aromatic carbocycles. The summed E-state index contributed by atoms with van der Waals surface area (Å²) in [4.78, 5) is 16.7. The molecule has 0 unspecified atom stereocenters. The van der Waals surface area contributed by atoms with Crippen LogP contribution in [0.3, 0.4) is 0 Å². The Hall–Kier alpha value is -1.65. The molecule has 1 aromatic heterocycles. The first kappa shape index (κ1) is 10.9. The number of hydrogen-bond donors (Lipinski definition) is 1. The predicted molar refractivity (Wildman–Crippen MR) is 57.5 cm³/mol. The van der Waals surface area contributed by atoms with Gasteiger partial charge in [-0.25, -0.2) is 14.2 Å². The van der Waals surface area contributed by atoms with Gasteiger partial charge in [0.2, 0.25) is 0 Å². The van der Waals surface area contributed by atoms with E-state index in [4.69, 9.17) is 5.11 Å². The topological polar surface area (TPSA) is 53.4 Å². The van der Waals surface area contributed by atoms with Gasteiger partial charge < -0.3 is 10.0 Å². The lowest BCUT2D eigenvalue weighted by atomic mass is 10.1. The van der Waals surface area contributed by atoms with Crippen LogP contribution in [0, 0.1) is 0 Å². The van der Waals surface area contributed by atoms with E-state index in [1.165, 1.54) is 12.3 Å². The van der Waals surface area contributed by atoms with E-state index in [1.807, 2.05) is 0 Å². The van der Waals surface area contributed by atoms with Crippen LogP contribution in [0.5, 0.6) is 0 Å². The quantitative estimate of drug-likeness (QED) is 0.831. The Morgan fingerprint density at radius 2 is 2.44 bits per heavy atom. The number of pyridine rings is 1. The van der Waals surface area contributed by atoms with E-state index < -0.39 is 12.1 Å². The second-order valence-corrected chi connectivity index (χ2v) is 3.87. The highest BCUT2D eigenvalue weighted by atomic mass is 19.1. The van der Waals surface area contributed by atoms with Gasteiger partial charge in [0.15, 0.2) is 0 Å². The van der Waals surface area contributed by atoms with Crippen molar-refractivity contribution in [3.05, 3.63) is 23.9 Å². The molecule has 0 radical (unpaired) electrons. The molecule has 0 aliphatic carbocycles. The van der Waals surface area contributed by atoms with Crippen molar-refractivity contribution in [3.8, 4) is 0 Å². The lowest BCUT2D eigenvalue weighted by Gasteiger charge is -2.30. The standard InChI is InChI=1S/C11H13FN2O2/c12-8-3-2-6-14(7-8)10-9(11(15)16)4-1-5-13-10/h1,4-5,8H,2-3,6-7H2,(H,15,16)/t8-/m0/s1. The molecule has 1 saturated heterocycles. The van der Waals surface area contributed by atoms with Gasteiger partial charge in [0.25, 0.3) is 0 Å². The molecule has 1 N–H and O–H groups in total. The minimum Gasteiger partial charge on any atom is -0.478 e. The average Bonchev–Trinajstić information content (AvgIpc) is 2.29. The van der Waals surface area contributed by atoms with Gasteiger partial charge in [-0.2, -0.15) is 0 Å². The van der Waals surface area contributed by atoms with Crippen LogP contribution in [0.15, 0.2) is 18.3 Å². The molecule has 1 aliphatic heterocycles. The van der Waals surface area contributed by atoms with Crippen LogP contribution < -0.4 is 4.90 Å². The van der Waals surface area contributed by atoms with Crippen molar-refractivity contribution in [3.63, 3.8) is 0 Å². The smallest absolute Gasteiger partial charge is 0.339 e. The molecule has 0 spiro atoms. The monoisotopic (exact) mass is 224 g/mol. The van der Waals surface area contributed by atoms with Crippen LogP contribution in [0.2, 0.25) is 0 Å². The summed E-state index contributed by atoms with van der Waals surface area (Å²) in [5.41, 5.74) is 0.136. The first-order valence-electron chi connectivity index (χ1n) is 5.26. The minimum absolute atomic E-state index is 0.136. The number of aromatic nitrogens is 1. The van der Waals surface area contributed by atoms with Crippen molar-refractivity contribution >= 4 is 11.8 Å². The number of carboxylic acid groups (broad SMARTS) is 1. The molecule has 0 amide bonds. The molecule has 5 heteroatoms. The number of nitrogens with zero attached hydrogens (tertiary/aromatic N) is 2. The van der Waals surface area contributed by atoms with Crippen molar-refractivity contribution in [1.82, 2.24) is 4.98 Å². The fourth-order valence-corrected chi connectivity index (χ4v) is 1.93. The lowest BCUT2D eigenvalue weighted by Crippen LogP contribution is -2.37. The van der Waals surface area contributed by atoms with E-state index in [0.717, 1.165) is 6.42 Å². The first-order valence-corrected chi connectivity index (χ1v) is 5.26. The maximum atomic E-state index is 13.2. The van der Waals surface area contributed by atoms with Crippen molar-refractivity contribution in [2.75, 3.05) is 18.0 Å². The van der Waals surface area contributed by atoms with E-state index >= 15 is 0 Å². The number of rotatable bonds is 2. The Morgan fingerprint density at radius 3 is 3.12 bits per heavy atom. The zero-order valence-electron chi connectivity index (χ0n) is 8.77. The minimum atomic E-state index is -1.02. The Labute approximate surface area is 92.7 Å². The molecule has 86 valence electrons. The zero-order chi connectivity index (χ0) is 11.5. The van der Waals surface area contributed by atoms with E-state index in [-0.39, 0.29) is 12.1 Å². The Kier molecular flexibility index (Phi) is 3.03. The maximum Gasteiger partial charge on any atom is 0.339 e. The molecule has 4 nitrogen and oxygen atoms in total. The fourth-order valence-electron chi connectivity index (χ4n) is 1.93. The molecule has 16 heavy (non-hydrogen) atoms. The number of alkyl halides is 1. The van der Waals surface area contributed by atoms with Gasteiger partial charge in [-0.1, -0.05) is 0 Å². The van der Waals surface area contributed by atoms with Gasteiger partial charge in [-0.15, -0.1) is 0 Å². The number of hydrogen-bond acceptors (Lipinski definition) is 3. The van der Waals surface area contributed by atoms with Gasteiger partial charge in [0, 0.05) is 12.7 Å². The van der Waals surface area contributed by atoms with E-state index in [1.54, 1.807) is 11.0 Å². The molecule has 1 aliphatic rings. The Balaban J connectivity index is 2.28. The van der Waals surface area contributed by atoms with Crippen LogP contribution in [0.25, 0.3) is 0 Å². The van der Waals surface area contributed by atoms with Crippen molar-refractivity contribution < 1.29 is 14.3 Å². The predicted octanol–water partition coefficient (Wildman–Crippen LogP) is 1.72. The SMILES string of the molecule is O=C(O)c1cccnc1N1CCC[C@H](F)C1. The number of anilines is 1. The molecule has 1 aromatic rings. The third-order valence-corrected chi connectivity index (χ3v) is 2.68. The van der Waals surface area contributed by atoms with Crippen LogP contribution >= 0.6 is 0 Å². The molecule has 0 saturated carbocycles. The summed E-state index contributed by atoms with van der Waals surface area (Å²) in [6.45, 7) is 0.898. The summed E-state index contributed by atoms with van der Waals surface area (Å²) in [5, 5.41) is 9.00. The van der Waals surface area contributed by atoms with Crippen molar-refractivity contribution in [1.29, 1.82) is 0 Å². The Bertz CT molecular complexity index is 397. The zero-order valence-corrected chi connectivity index (χ0v) is 8.77. The molecule has 1 fully saturated rings. The van der Waals surface area contributed by atoms with E-state index in [9.17, 15) is 9.18 Å². The van der Waals surface area contributed by atoms with Crippen molar-refractivity contribution in [2.45, 2.75) is 19.0 Å². The van der Waals surface area contributed by atoms with Crippen molar-refractivity contribution in [2.24, 2.45) is 0 Å². The lowest BCUT2D eigenvalue weighted by molar-refractivity contribution is 0.0697. The highest BCUT2D eigenvalue weighted by Crippen LogP contribution is 2.22. The van der Waals surface area contributed by atoms with Gasteiger partial charge in [-0.05, 0) is 25.0 Å². The number of carbonyl (C=O) groups is 1. The van der Waals surface area contributed by atoms with Gasteiger partial charge in [0.1, 0.15) is 17.6 Å². The summed E-state index contributed by atoms with van der Waals surface area (Å²) < 4.78 is 13.2. The van der Waals surface area contributed by atoms with Gasteiger partial charge in [-0.3, -0.25) is 0 Å². The fraction of sp³-hybridized carbons (Fsp3) is 0.455. The largest absolute Gasteiger partial charge is 0.478 e. The molecule has 1 atom stereocenters. The molecular weight excluding hydrogens is 211 g/mol.